The molecule has 0 aliphatic heterocycles. The summed E-state index contributed by atoms with van der Waals surface area (Å²) in [7, 11) is 0. The van der Waals surface area contributed by atoms with E-state index in [0.717, 1.165) is 28.0 Å². The highest BCUT2D eigenvalue weighted by Gasteiger charge is 2.14. The molecule has 0 atom stereocenters. The summed E-state index contributed by atoms with van der Waals surface area (Å²) >= 11 is 0. The molecule has 0 aliphatic rings. The van der Waals surface area contributed by atoms with E-state index < -0.39 is 0 Å². The summed E-state index contributed by atoms with van der Waals surface area (Å²) in [4.78, 5) is 9.31. The fourth-order valence-electron chi connectivity index (χ4n) is 2.84. The Morgan fingerprint density at radius 3 is 2.59 bits per heavy atom. The topological polar surface area (TPSA) is 67.7 Å². The number of hydrogen-bond donors (Lipinski definition) is 2. The van der Waals surface area contributed by atoms with Crippen molar-refractivity contribution in [2.45, 2.75) is 6.92 Å². The van der Waals surface area contributed by atoms with Gasteiger partial charge in [-0.05, 0) is 30.7 Å². The van der Waals surface area contributed by atoms with Crippen LogP contribution in [0.4, 0.5) is 17.5 Å². The molecule has 0 radical (unpaired) electrons. The second kappa shape index (κ2) is 7.29. The molecule has 0 spiro atoms. The Hall–Kier alpha value is -3.67. The molecule has 27 heavy (non-hydrogen) atoms. The predicted molar refractivity (Wildman–Crippen MR) is 110 cm³/mol. The molecule has 0 fully saturated rings. The largest absolute Gasteiger partial charge is 0.351 e. The molecule has 2 heterocycles. The van der Waals surface area contributed by atoms with E-state index >= 15 is 0 Å². The molecule has 6 nitrogen and oxygen atoms in total. The van der Waals surface area contributed by atoms with Crippen molar-refractivity contribution in [3.05, 3.63) is 79.0 Å². The first kappa shape index (κ1) is 16.8. The van der Waals surface area contributed by atoms with Crippen LogP contribution < -0.4 is 10.6 Å². The molecule has 2 aromatic carbocycles. The molecule has 0 saturated carbocycles. The third kappa shape index (κ3) is 3.37. The SMILES string of the molecule is C=CCNc1nc(Nc2ccccc2C)c2cnn(-c3ccccc3)c2n1. The fraction of sp³-hybridized carbons (Fsp3) is 0.0952. The van der Waals surface area contributed by atoms with Crippen molar-refractivity contribution in [1.29, 1.82) is 0 Å². The minimum absolute atomic E-state index is 0.524. The van der Waals surface area contributed by atoms with Crippen molar-refractivity contribution in [3.63, 3.8) is 0 Å². The number of aryl methyl sites for hydroxylation is 1. The van der Waals surface area contributed by atoms with Gasteiger partial charge in [-0.1, -0.05) is 42.5 Å². The van der Waals surface area contributed by atoms with E-state index in [1.807, 2.05) is 53.2 Å². The maximum absolute atomic E-state index is 4.66. The molecule has 134 valence electrons. The highest BCUT2D eigenvalue weighted by atomic mass is 15.3. The number of rotatable bonds is 6. The van der Waals surface area contributed by atoms with Gasteiger partial charge in [0.2, 0.25) is 5.95 Å². The molecule has 4 aromatic rings. The standard InChI is InChI=1S/C21H20N6/c1-3-13-22-21-25-19(24-18-12-8-7-9-15(18)2)17-14-23-27(20(17)26-21)16-10-5-4-6-11-16/h3-12,14H,1,13H2,2H3,(H2,22,24,25,26). The Balaban J connectivity index is 1.85. The van der Waals surface area contributed by atoms with E-state index in [2.05, 4.69) is 45.3 Å². The average molecular weight is 356 g/mol. The van der Waals surface area contributed by atoms with Gasteiger partial charge in [-0.15, -0.1) is 6.58 Å². The highest BCUT2D eigenvalue weighted by Crippen LogP contribution is 2.28. The molecule has 0 bridgehead atoms. The van der Waals surface area contributed by atoms with Crippen LogP contribution >= 0.6 is 0 Å². The molecular weight excluding hydrogens is 336 g/mol. The molecule has 2 N–H and O–H groups in total. The lowest BCUT2D eigenvalue weighted by Crippen LogP contribution is -2.07. The number of benzene rings is 2. The van der Waals surface area contributed by atoms with E-state index in [4.69, 9.17) is 0 Å². The van der Waals surface area contributed by atoms with Gasteiger partial charge in [-0.3, -0.25) is 0 Å². The zero-order chi connectivity index (χ0) is 18.6. The molecular formula is C21H20N6. The summed E-state index contributed by atoms with van der Waals surface area (Å²) in [6.45, 7) is 6.38. The van der Waals surface area contributed by atoms with Gasteiger partial charge in [-0.25, -0.2) is 4.68 Å². The van der Waals surface area contributed by atoms with Gasteiger partial charge in [0, 0.05) is 12.2 Å². The Bertz CT molecular complexity index is 1080. The number of aromatic nitrogens is 4. The van der Waals surface area contributed by atoms with Crippen LogP contribution in [0.2, 0.25) is 0 Å². The van der Waals surface area contributed by atoms with Crippen LogP contribution in [0, 0.1) is 6.92 Å². The lowest BCUT2D eigenvalue weighted by Gasteiger charge is -2.12. The van der Waals surface area contributed by atoms with E-state index in [1.54, 1.807) is 12.3 Å². The van der Waals surface area contributed by atoms with Crippen LogP contribution in [-0.2, 0) is 0 Å². The summed E-state index contributed by atoms with van der Waals surface area (Å²) in [5, 5.41) is 12.0. The Morgan fingerprint density at radius 1 is 1.04 bits per heavy atom. The van der Waals surface area contributed by atoms with Gasteiger partial charge in [0.1, 0.15) is 5.82 Å². The Kier molecular flexibility index (Phi) is 4.53. The van der Waals surface area contributed by atoms with Crippen LogP contribution in [0.1, 0.15) is 5.56 Å². The first-order valence-corrected chi connectivity index (χ1v) is 8.75. The molecule has 0 unspecified atom stereocenters. The number of hydrogen-bond acceptors (Lipinski definition) is 5. The summed E-state index contributed by atoms with van der Waals surface area (Å²) in [6, 6.07) is 18.0. The van der Waals surface area contributed by atoms with E-state index in [1.165, 1.54) is 0 Å². The normalized spacial score (nSPS) is 10.7. The van der Waals surface area contributed by atoms with Crippen molar-refractivity contribution in [2.75, 3.05) is 17.2 Å². The number of anilines is 3. The Morgan fingerprint density at radius 2 is 1.81 bits per heavy atom. The smallest absolute Gasteiger partial charge is 0.226 e. The van der Waals surface area contributed by atoms with Crippen LogP contribution in [0.25, 0.3) is 16.7 Å². The van der Waals surface area contributed by atoms with Crippen LogP contribution in [0.15, 0.2) is 73.4 Å². The van der Waals surface area contributed by atoms with E-state index in [-0.39, 0.29) is 0 Å². The second-order valence-electron chi connectivity index (χ2n) is 6.13. The number of nitrogens with one attached hydrogen (secondary N) is 2. The van der Waals surface area contributed by atoms with Crippen molar-refractivity contribution >= 4 is 28.5 Å². The highest BCUT2D eigenvalue weighted by molar-refractivity contribution is 5.90. The van der Waals surface area contributed by atoms with E-state index in [9.17, 15) is 0 Å². The summed E-state index contributed by atoms with van der Waals surface area (Å²) in [5.41, 5.74) is 3.82. The molecule has 0 aliphatic carbocycles. The first-order valence-electron chi connectivity index (χ1n) is 8.75. The summed E-state index contributed by atoms with van der Waals surface area (Å²) in [5.74, 6) is 1.24. The Labute approximate surface area is 157 Å². The maximum Gasteiger partial charge on any atom is 0.226 e. The van der Waals surface area contributed by atoms with Gasteiger partial charge >= 0.3 is 0 Å². The van der Waals surface area contributed by atoms with Gasteiger partial charge in [-0.2, -0.15) is 15.1 Å². The van der Waals surface area contributed by atoms with Crippen molar-refractivity contribution in [3.8, 4) is 5.69 Å². The fourth-order valence-corrected chi connectivity index (χ4v) is 2.84. The minimum Gasteiger partial charge on any atom is -0.351 e. The van der Waals surface area contributed by atoms with Crippen LogP contribution in [-0.4, -0.2) is 26.3 Å². The second-order valence-corrected chi connectivity index (χ2v) is 6.13. The van der Waals surface area contributed by atoms with Gasteiger partial charge in [0.15, 0.2) is 5.65 Å². The van der Waals surface area contributed by atoms with Crippen molar-refractivity contribution in [1.82, 2.24) is 19.7 Å². The molecule has 2 aromatic heterocycles. The van der Waals surface area contributed by atoms with Crippen molar-refractivity contribution in [2.24, 2.45) is 0 Å². The summed E-state index contributed by atoms with van der Waals surface area (Å²) in [6.07, 6.45) is 3.57. The first-order chi connectivity index (χ1) is 13.3. The zero-order valence-corrected chi connectivity index (χ0v) is 15.1. The lowest BCUT2D eigenvalue weighted by molar-refractivity contribution is 0.895. The molecule has 4 rings (SSSR count). The average Bonchev–Trinajstić information content (AvgIpc) is 3.13. The zero-order valence-electron chi connectivity index (χ0n) is 15.1. The van der Waals surface area contributed by atoms with E-state index in [0.29, 0.717) is 18.3 Å². The van der Waals surface area contributed by atoms with Crippen molar-refractivity contribution < 1.29 is 0 Å². The lowest BCUT2D eigenvalue weighted by atomic mass is 10.2. The number of nitrogens with zero attached hydrogens (tertiary/aromatic N) is 4. The van der Waals surface area contributed by atoms with Crippen LogP contribution in [0.3, 0.4) is 0 Å². The maximum atomic E-state index is 4.66. The number of fused-ring (bicyclic) bond motifs is 1. The summed E-state index contributed by atoms with van der Waals surface area (Å²) < 4.78 is 1.82. The molecule has 0 saturated heterocycles. The van der Waals surface area contributed by atoms with Crippen LogP contribution in [0.5, 0.6) is 0 Å². The number of para-hydroxylation sites is 2. The third-order valence-corrected chi connectivity index (χ3v) is 4.23. The van der Waals surface area contributed by atoms with Gasteiger partial charge < -0.3 is 10.6 Å². The minimum atomic E-state index is 0.524. The quantitative estimate of drug-likeness (QED) is 0.499. The predicted octanol–water partition coefficient (Wildman–Crippen LogP) is 4.47. The molecule has 6 heteroatoms. The van der Waals surface area contributed by atoms with Gasteiger partial charge in [0.05, 0.1) is 17.3 Å². The monoisotopic (exact) mass is 356 g/mol. The molecule has 0 amide bonds. The van der Waals surface area contributed by atoms with Gasteiger partial charge in [0.25, 0.3) is 0 Å². The third-order valence-electron chi connectivity index (χ3n) is 4.23.